The number of hydrogen-bond donors (Lipinski definition) is 2. The van der Waals surface area contributed by atoms with Crippen molar-refractivity contribution >= 4 is 27.9 Å². The van der Waals surface area contributed by atoms with Gasteiger partial charge in [0.2, 0.25) is 0 Å². The number of rotatable bonds is 5. The average molecular weight is 388 g/mol. The van der Waals surface area contributed by atoms with E-state index in [1.165, 1.54) is 6.07 Å². The second-order valence-electron chi connectivity index (χ2n) is 5.37. The number of piperazine rings is 1. The monoisotopic (exact) mass is 387 g/mol. The predicted molar refractivity (Wildman–Crippen MR) is 86.6 cm³/mol. The Balaban J connectivity index is 1.78. The maximum atomic E-state index is 13.8. The molecular formula is C15H19BrFN3O3. The zero-order valence-corrected chi connectivity index (χ0v) is 14.2. The van der Waals surface area contributed by atoms with Crippen LogP contribution in [0.15, 0.2) is 22.7 Å². The first kappa shape index (κ1) is 17.7. The van der Waals surface area contributed by atoms with Crippen molar-refractivity contribution in [2.45, 2.75) is 13.0 Å². The third-order valence-corrected chi connectivity index (χ3v) is 4.17. The molecule has 0 spiro atoms. The topological polar surface area (TPSA) is 72.9 Å². The summed E-state index contributed by atoms with van der Waals surface area (Å²) < 4.78 is 14.6. The first-order valence-electron chi connectivity index (χ1n) is 7.36. The van der Waals surface area contributed by atoms with E-state index < -0.39 is 5.97 Å². The molecule has 6 nitrogen and oxygen atoms in total. The molecule has 1 aliphatic rings. The number of nitrogens with one attached hydrogen (secondary N) is 1. The molecule has 1 aromatic carbocycles. The van der Waals surface area contributed by atoms with E-state index >= 15 is 0 Å². The second kappa shape index (κ2) is 8.26. The Hall–Kier alpha value is -1.67. The number of hydrogen-bond acceptors (Lipinski definition) is 3. The van der Waals surface area contributed by atoms with E-state index in [9.17, 15) is 14.0 Å². The van der Waals surface area contributed by atoms with Crippen LogP contribution in [0.3, 0.4) is 0 Å². The summed E-state index contributed by atoms with van der Waals surface area (Å²) in [5, 5.41) is 11.1. The fraction of sp³-hybridized carbons (Fsp3) is 0.467. The van der Waals surface area contributed by atoms with Gasteiger partial charge in [0, 0.05) is 49.3 Å². The standard InChI is InChI=1S/C15H19BrFN3O3/c16-12-1-2-13(17)11(9-12)10-19-5-7-20(8-6-19)15(23)18-4-3-14(21)22/h1-2,9H,3-8,10H2,(H,18,23)(H,21,22). The van der Waals surface area contributed by atoms with Gasteiger partial charge in [-0.05, 0) is 18.2 Å². The van der Waals surface area contributed by atoms with Gasteiger partial charge in [-0.15, -0.1) is 0 Å². The summed E-state index contributed by atoms with van der Waals surface area (Å²) in [5.41, 5.74) is 0.624. The number of carboxylic acid groups (broad SMARTS) is 1. The number of halogens is 2. The van der Waals surface area contributed by atoms with Crippen LogP contribution in [-0.2, 0) is 11.3 Å². The van der Waals surface area contributed by atoms with Gasteiger partial charge in [0.05, 0.1) is 6.42 Å². The summed E-state index contributed by atoms with van der Waals surface area (Å²) in [6.45, 7) is 3.00. The molecule has 1 fully saturated rings. The molecule has 1 aromatic rings. The molecule has 0 aliphatic carbocycles. The lowest BCUT2D eigenvalue weighted by Gasteiger charge is -2.34. The van der Waals surface area contributed by atoms with Crippen LogP contribution in [0.4, 0.5) is 9.18 Å². The van der Waals surface area contributed by atoms with E-state index in [1.807, 2.05) is 0 Å². The summed E-state index contributed by atoms with van der Waals surface area (Å²) >= 11 is 3.34. The molecule has 1 saturated heterocycles. The zero-order chi connectivity index (χ0) is 16.8. The Bertz CT molecular complexity index is 577. The van der Waals surface area contributed by atoms with Crippen molar-refractivity contribution in [2.24, 2.45) is 0 Å². The van der Waals surface area contributed by atoms with Gasteiger partial charge >= 0.3 is 12.0 Å². The van der Waals surface area contributed by atoms with Crippen LogP contribution < -0.4 is 5.32 Å². The molecule has 1 heterocycles. The highest BCUT2D eigenvalue weighted by Gasteiger charge is 2.21. The molecule has 0 aromatic heterocycles. The molecule has 2 N–H and O–H groups in total. The van der Waals surface area contributed by atoms with Gasteiger partial charge in [-0.1, -0.05) is 15.9 Å². The van der Waals surface area contributed by atoms with E-state index in [4.69, 9.17) is 5.11 Å². The Morgan fingerprint density at radius 1 is 1.26 bits per heavy atom. The number of amides is 2. The number of urea groups is 1. The summed E-state index contributed by atoms with van der Waals surface area (Å²) in [6, 6.07) is 4.61. The Morgan fingerprint density at radius 3 is 2.61 bits per heavy atom. The first-order valence-corrected chi connectivity index (χ1v) is 8.16. The molecule has 1 aliphatic heterocycles. The SMILES string of the molecule is O=C(O)CCNC(=O)N1CCN(Cc2cc(Br)ccc2F)CC1. The molecule has 0 bridgehead atoms. The predicted octanol–water partition coefficient (Wildman–Crippen LogP) is 1.89. The second-order valence-corrected chi connectivity index (χ2v) is 6.29. The van der Waals surface area contributed by atoms with Crippen molar-refractivity contribution in [2.75, 3.05) is 32.7 Å². The lowest BCUT2D eigenvalue weighted by molar-refractivity contribution is -0.136. The Morgan fingerprint density at radius 2 is 1.96 bits per heavy atom. The van der Waals surface area contributed by atoms with Crippen LogP contribution in [0, 0.1) is 5.82 Å². The maximum Gasteiger partial charge on any atom is 0.317 e. The Kier molecular flexibility index (Phi) is 6.35. The van der Waals surface area contributed by atoms with E-state index in [2.05, 4.69) is 26.1 Å². The average Bonchev–Trinajstić information content (AvgIpc) is 2.51. The van der Waals surface area contributed by atoms with E-state index in [-0.39, 0.29) is 24.8 Å². The van der Waals surface area contributed by atoms with Crippen LogP contribution in [-0.4, -0.2) is 59.6 Å². The van der Waals surface area contributed by atoms with Crippen molar-refractivity contribution in [1.82, 2.24) is 15.1 Å². The molecule has 0 radical (unpaired) electrons. The van der Waals surface area contributed by atoms with Gasteiger partial charge in [0.1, 0.15) is 5.82 Å². The van der Waals surface area contributed by atoms with Crippen LogP contribution in [0.25, 0.3) is 0 Å². The smallest absolute Gasteiger partial charge is 0.317 e. The highest BCUT2D eigenvalue weighted by atomic mass is 79.9. The molecule has 0 unspecified atom stereocenters. The van der Waals surface area contributed by atoms with Gasteiger partial charge in [0.25, 0.3) is 0 Å². The van der Waals surface area contributed by atoms with Crippen LogP contribution in [0.1, 0.15) is 12.0 Å². The lowest BCUT2D eigenvalue weighted by Crippen LogP contribution is -2.51. The highest BCUT2D eigenvalue weighted by Crippen LogP contribution is 2.18. The molecule has 23 heavy (non-hydrogen) atoms. The number of carboxylic acids is 1. The lowest BCUT2D eigenvalue weighted by atomic mass is 10.2. The normalized spacial score (nSPS) is 15.5. The van der Waals surface area contributed by atoms with Gasteiger partial charge in [-0.25, -0.2) is 9.18 Å². The minimum Gasteiger partial charge on any atom is -0.481 e. The number of benzene rings is 1. The summed E-state index contributed by atoms with van der Waals surface area (Å²) in [7, 11) is 0. The summed E-state index contributed by atoms with van der Waals surface area (Å²) in [6.07, 6.45) is -0.0894. The van der Waals surface area contributed by atoms with Crippen molar-refractivity contribution in [1.29, 1.82) is 0 Å². The maximum absolute atomic E-state index is 13.8. The fourth-order valence-corrected chi connectivity index (χ4v) is 2.81. The van der Waals surface area contributed by atoms with Gasteiger partial charge < -0.3 is 15.3 Å². The fourth-order valence-electron chi connectivity index (χ4n) is 2.40. The van der Waals surface area contributed by atoms with E-state index in [0.717, 1.165) is 4.47 Å². The van der Waals surface area contributed by atoms with Crippen molar-refractivity contribution in [3.8, 4) is 0 Å². The largest absolute Gasteiger partial charge is 0.481 e. The minimum atomic E-state index is -0.939. The molecule has 0 saturated carbocycles. The third-order valence-electron chi connectivity index (χ3n) is 3.68. The molecule has 8 heteroatoms. The van der Waals surface area contributed by atoms with E-state index in [1.54, 1.807) is 17.0 Å². The minimum absolute atomic E-state index is 0.0894. The van der Waals surface area contributed by atoms with Crippen molar-refractivity contribution in [3.63, 3.8) is 0 Å². The first-order chi connectivity index (χ1) is 11.0. The number of aliphatic carboxylic acids is 1. The highest BCUT2D eigenvalue weighted by molar-refractivity contribution is 9.10. The van der Waals surface area contributed by atoms with E-state index in [0.29, 0.717) is 38.3 Å². The Labute approximate surface area is 142 Å². The van der Waals surface area contributed by atoms with Gasteiger partial charge in [0.15, 0.2) is 0 Å². The molecule has 0 atom stereocenters. The van der Waals surface area contributed by atoms with Crippen molar-refractivity contribution < 1.29 is 19.1 Å². The number of carbonyl (C=O) groups excluding carboxylic acids is 1. The van der Waals surface area contributed by atoms with Crippen LogP contribution >= 0.6 is 15.9 Å². The van der Waals surface area contributed by atoms with Crippen LogP contribution in [0.2, 0.25) is 0 Å². The molecular weight excluding hydrogens is 369 g/mol. The molecule has 126 valence electrons. The van der Waals surface area contributed by atoms with Crippen LogP contribution in [0.5, 0.6) is 0 Å². The van der Waals surface area contributed by atoms with Crippen molar-refractivity contribution in [3.05, 3.63) is 34.1 Å². The molecule has 2 rings (SSSR count). The zero-order valence-electron chi connectivity index (χ0n) is 12.6. The number of carbonyl (C=O) groups is 2. The molecule has 2 amide bonds. The quantitative estimate of drug-likeness (QED) is 0.808. The third kappa shape index (κ3) is 5.47. The van der Waals surface area contributed by atoms with Gasteiger partial charge in [-0.3, -0.25) is 9.69 Å². The number of nitrogens with zero attached hydrogens (tertiary/aromatic N) is 2. The summed E-state index contributed by atoms with van der Waals surface area (Å²) in [4.78, 5) is 26.0. The summed E-state index contributed by atoms with van der Waals surface area (Å²) in [5.74, 6) is -1.17. The van der Waals surface area contributed by atoms with Gasteiger partial charge in [-0.2, -0.15) is 0 Å².